The fraction of sp³-hybridized carbons (Fsp3) is 0.267. The monoisotopic (exact) mass is 353 g/mol. The van der Waals surface area contributed by atoms with Gasteiger partial charge in [-0.05, 0) is 24.6 Å². The van der Waals surface area contributed by atoms with Crippen molar-refractivity contribution in [2.75, 3.05) is 13.6 Å². The van der Waals surface area contributed by atoms with E-state index in [2.05, 4.69) is 10.3 Å². The van der Waals surface area contributed by atoms with Crippen molar-refractivity contribution in [2.45, 2.75) is 12.5 Å². The van der Waals surface area contributed by atoms with E-state index >= 15 is 0 Å². The highest BCUT2D eigenvalue weighted by Crippen LogP contribution is 2.29. The highest BCUT2D eigenvalue weighted by Gasteiger charge is 2.32. The van der Waals surface area contributed by atoms with Gasteiger partial charge in [0.25, 0.3) is 5.91 Å². The molecule has 1 fully saturated rings. The standard InChI is InChI=1S/C15H13ClFN3O2S/c1-20(11-2-3-18-13(11)21)15(22)12-7-19-14(23-12)8-4-9(16)6-10(17)5-8/h4-7,11H,2-3H2,1H3,(H,18,21)/t11-/m1/s1. The van der Waals surface area contributed by atoms with E-state index in [9.17, 15) is 14.0 Å². The summed E-state index contributed by atoms with van der Waals surface area (Å²) in [5.74, 6) is -0.892. The van der Waals surface area contributed by atoms with E-state index in [1.165, 1.54) is 23.2 Å². The van der Waals surface area contributed by atoms with E-state index < -0.39 is 11.9 Å². The number of carbonyl (C=O) groups excluding carboxylic acids is 2. The molecule has 1 aromatic carbocycles. The number of benzene rings is 1. The van der Waals surface area contributed by atoms with E-state index in [1.807, 2.05) is 0 Å². The average Bonchev–Trinajstić information content (AvgIpc) is 3.13. The number of nitrogens with one attached hydrogen (secondary N) is 1. The van der Waals surface area contributed by atoms with Gasteiger partial charge in [-0.1, -0.05) is 11.6 Å². The van der Waals surface area contributed by atoms with Gasteiger partial charge >= 0.3 is 0 Å². The van der Waals surface area contributed by atoms with Crippen LogP contribution in [0, 0.1) is 5.82 Å². The van der Waals surface area contributed by atoms with Gasteiger partial charge in [-0.2, -0.15) is 0 Å². The second-order valence-corrected chi connectivity index (χ2v) is 6.67. The molecule has 0 radical (unpaired) electrons. The van der Waals surface area contributed by atoms with Gasteiger partial charge in [0.15, 0.2) is 0 Å². The molecule has 23 heavy (non-hydrogen) atoms. The van der Waals surface area contributed by atoms with Crippen LogP contribution in [0.4, 0.5) is 4.39 Å². The summed E-state index contributed by atoms with van der Waals surface area (Å²) >= 11 is 6.98. The summed E-state index contributed by atoms with van der Waals surface area (Å²) in [7, 11) is 1.59. The maximum Gasteiger partial charge on any atom is 0.266 e. The van der Waals surface area contributed by atoms with Crippen LogP contribution >= 0.6 is 22.9 Å². The summed E-state index contributed by atoms with van der Waals surface area (Å²) in [6.07, 6.45) is 2.02. The first-order valence-corrected chi connectivity index (χ1v) is 8.12. The molecule has 8 heteroatoms. The molecule has 0 spiro atoms. The van der Waals surface area contributed by atoms with Gasteiger partial charge < -0.3 is 10.2 Å². The van der Waals surface area contributed by atoms with Crippen LogP contribution in [-0.2, 0) is 4.79 Å². The maximum atomic E-state index is 13.4. The van der Waals surface area contributed by atoms with Crippen LogP contribution in [0.25, 0.3) is 10.6 Å². The van der Waals surface area contributed by atoms with Gasteiger partial charge in [-0.25, -0.2) is 9.37 Å². The summed E-state index contributed by atoms with van der Waals surface area (Å²) in [4.78, 5) is 30.1. The Bertz CT molecular complexity index is 760. The van der Waals surface area contributed by atoms with Crippen molar-refractivity contribution < 1.29 is 14.0 Å². The highest BCUT2D eigenvalue weighted by atomic mass is 35.5. The quantitative estimate of drug-likeness (QED) is 0.922. The summed E-state index contributed by atoms with van der Waals surface area (Å²) < 4.78 is 13.4. The Hall–Kier alpha value is -1.99. The number of carbonyl (C=O) groups is 2. The lowest BCUT2D eigenvalue weighted by molar-refractivity contribution is -0.122. The van der Waals surface area contributed by atoms with Crippen LogP contribution in [-0.4, -0.2) is 41.3 Å². The van der Waals surface area contributed by atoms with Crippen molar-refractivity contribution in [3.63, 3.8) is 0 Å². The minimum atomic E-state index is -0.463. The number of nitrogens with zero attached hydrogens (tertiary/aromatic N) is 2. The molecular formula is C15H13ClFN3O2S. The molecule has 0 bridgehead atoms. The van der Waals surface area contributed by atoms with E-state index in [-0.39, 0.29) is 16.8 Å². The summed E-state index contributed by atoms with van der Waals surface area (Å²) in [5.41, 5.74) is 0.514. The highest BCUT2D eigenvalue weighted by molar-refractivity contribution is 7.16. The van der Waals surface area contributed by atoms with Crippen molar-refractivity contribution >= 4 is 34.8 Å². The molecule has 1 atom stereocenters. The number of hydrogen-bond donors (Lipinski definition) is 1. The van der Waals surface area contributed by atoms with Crippen LogP contribution in [0.15, 0.2) is 24.4 Å². The minimum Gasteiger partial charge on any atom is -0.354 e. The number of rotatable bonds is 3. The fourth-order valence-corrected chi connectivity index (χ4v) is 3.56. The van der Waals surface area contributed by atoms with E-state index in [4.69, 9.17) is 11.6 Å². The van der Waals surface area contributed by atoms with Crippen molar-refractivity contribution in [2.24, 2.45) is 0 Å². The molecule has 2 aromatic rings. The van der Waals surface area contributed by atoms with Crippen LogP contribution in [0.1, 0.15) is 16.1 Å². The minimum absolute atomic E-state index is 0.150. The van der Waals surface area contributed by atoms with Gasteiger partial charge in [0.2, 0.25) is 5.91 Å². The molecule has 1 N–H and O–H groups in total. The Morgan fingerprint density at radius 1 is 1.48 bits per heavy atom. The van der Waals surface area contributed by atoms with Gasteiger partial charge in [0.1, 0.15) is 21.7 Å². The Morgan fingerprint density at radius 3 is 2.91 bits per heavy atom. The molecule has 120 valence electrons. The van der Waals surface area contributed by atoms with Crippen LogP contribution in [0.3, 0.4) is 0 Å². The van der Waals surface area contributed by atoms with Gasteiger partial charge in [-0.3, -0.25) is 9.59 Å². The molecule has 5 nitrogen and oxygen atoms in total. The van der Waals surface area contributed by atoms with Crippen LogP contribution in [0.2, 0.25) is 5.02 Å². The zero-order valence-electron chi connectivity index (χ0n) is 12.2. The zero-order chi connectivity index (χ0) is 16.6. The van der Waals surface area contributed by atoms with Gasteiger partial charge in [-0.15, -0.1) is 11.3 Å². The fourth-order valence-electron chi connectivity index (χ4n) is 2.45. The third-order valence-electron chi connectivity index (χ3n) is 3.63. The third kappa shape index (κ3) is 3.20. The molecule has 1 aliphatic heterocycles. The zero-order valence-corrected chi connectivity index (χ0v) is 13.7. The number of amides is 2. The van der Waals surface area contributed by atoms with Crippen molar-refractivity contribution in [3.05, 3.63) is 40.1 Å². The molecule has 0 unspecified atom stereocenters. The molecule has 2 amide bonds. The molecule has 0 saturated carbocycles. The lowest BCUT2D eigenvalue weighted by atomic mass is 10.2. The molecule has 1 aliphatic rings. The van der Waals surface area contributed by atoms with Crippen LogP contribution < -0.4 is 5.32 Å². The van der Waals surface area contributed by atoms with Gasteiger partial charge in [0.05, 0.1) is 6.20 Å². The second-order valence-electron chi connectivity index (χ2n) is 5.20. The molecular weight excluding hydrogens is 341 g/mol. The largest absolute Gasteiger partial charge is 0.354 e. The Labute approximate surface area is 141 Å². The van der Waals surface area contributed by atoms with Crippen molar-refractivity contribution in [3.8, 4) is 10.6 Å². The third-order valence-corrected chi connectivity index (χ3v) is 4.89. The average molecular weight is 354 g/mol. The van der Waals surface area contributed by atoms with Crippen LogP contribution in [0.5, 0.6) is 0 Å². The SMILES string of the molecule is CN(C(=O)c1cnc(-c2cc(F)cc(Cl)c2)s1)[C@@H]1CCNC1=O. The Kier molecular flexibility index (Phi) is 4.32. The molecule has 1 saturated heterocycles. The molecule has 1 aromatic heterocycles. The smallest absolute Gasteiger partial charge is 0.266 e. The van der Waals surface area contributed by atoms with Crippen molar-refractivity contribution in [1.29, 1.82) is 0 Å². The predicted molar refractivity (Wildman–Crippen MR) is 86.0 cm³/mol. The second kappa shape index (κ2) is 6.25. The lowest BCUT2D eigenvalue weighted by Gasteiger charge is -2.21. The molecule has 2 heterocycles. The number of halogens is 2. The molecule has 3 rings (SSSR count). The number of thiazole rings is 1. The number of aromatic nitrogens is 1. The first-order chi connectivity index (χ1) is 11.0. The summed E-state index contributed by atoms with van der Waals surface area (Å²) in [5, 5.41) is 3.46. The van der Waals surface area contributed by atoms with E-state index in [1.54, 1.807) is 13.1 Å². The Balaban J connectivity index is 1.83. The first-order valence-electron chi connectivity index (χ1n) is 6.93. The number of hydrogen-bond acceptors (Lipinski definition) is 4. The predicted octanol–water partition coefficient (Wildman–Crippen LogP) is 2.56. The number of likely N-dealkylation sites (N-methyl/N-ethyl adjacent to an activating group) is 1. The lowest BCUT2D eigenvalue weighted by Crippen LogP contribution is -2.41. The topological polar surface area (TPSA) is 62.3 Å². The Morgan fingerprint density at radius 2 is 2.26 bits per heavy atom. The van der Waals surface area contributed by atoms with E-state index in [0.29, 0.717) is 28.4 Å². The molecule has 0 aliphatic carbocycles. The van der Waals surface area contributed by atoms with Gasteiger partial charge in [0, 0.05) is 24.2 Å². The maximum absolute atomic E-state index is 13.4. The summed E-state index contributed by atoms with van der Waals surface area (Å²) in [6.45, 7) is 0.566. The first kappa shape index (κ1) is 15.9. The van der Waals surface area contributed by atoms with Crippen molar-refractivity contribution in [1.82, 2.24) is 15.2 Å². The summed E-state index contributed by atoms with van der Waals surface area (Å²) in [6, 6.07) is 3.65. The van der Waals surface area contributed by atoms with E-state index in [0.717, 1.165) is 11.3 Å². The normalized spacial score (nSPS) is 17.2.